The molecule has 0 aliphatic heterocycles. The first-order chi connectivity index (χ1) is 14.5. The van der Waals surface area contributed by atoms with E-state index in [4.69, 9.17) is 0 Å². The lowest BCUT2D eigenvalue weighted by Gasteiger charge is -2.54. The number of rotatable bonds is 4. The largest absolute Gasteiger partial charge is 0.393 e. The lowest BCUT2D eigenvalue weighted by atomic mass is 9.62. The van der Waals surface area contributed by atoms with Crippen LogP contribution in [0, 0.1) is 41.4 Å². The Bertz CT molecular complexity index is 733. The summed E-state index contributed by atoms with van der Waals surface area (Å²) < 4.78 is 2.92. The molecule has 3 fully saturated rings. The molecule has 7 unspecified atom stereocenters. The van der Waals surface area contributed by atoms with Crippen LogP contribution in [0.2, 0.25) is 18.6 Å². The highest BCUT2D eigenvalue weighted by atomic mass is 28.3. The molecule has 4 rings (SSSR count). The zero-order valence-electron chi connectivity index (χ0n) is 21.7. The van der Waals surface area contributed by atoms with Crippen molar-refractivity contribution in [1.29, 1.82) is 0 Å². The van der Waals surface area contributed by atoms with E-state index in [0.717, 1.165) is 47.0 Å². The zero-order chi connectivity index (χ0) is 22.6. The van der Waals surface area contributed by atoms with E-state index in [1.54, 1.807) is 6.42 Å². The molecule has 174 valence electrons. The fourth-order valence-electron chi connectivity index (χ4n) is 9.41. The van der Waals surface area contributed by atoms with Gasteiger partial charge in [0, 0.05) is 11.2 Å². The summed E-state index contributed by atoms with van der Waals surface area (Å²) in [6.07, 6.45) is 9.12. The smallest absolute Gasteiger partial charge is 0.154 e. The molecule has 0 aromatic heterocycles. The highest BCUT2D eigenvalue weighted by Gasteiger charge is 2.59. The first kappa shape index (κ1) is 23.4. The van der Waals surface area contributed by atoms with Gasteiger partial charge < -0.3 is 4.57 Å². The third-order valence-electron chi connectivity index (χ3n) is 9.74. The van der Waals surface area contributed by atoms with Crippen LogP contribution in [0.25, 0.3) is 0 Å². The van der Waals surface area contributed by atoms with Crippen molar-refractivity contribution >= 4 is 13.9 Å². The predicted octanol–water partition coefficient (Wildman–Crippen LogP) is 8.62. The molecule has 0 spiro atoms. The first-order valence-corrected chi connectivity index (χ1v) is 16.4. The Morgan fingerprint density at radius 3 is 1.97 bits per heavy atom. The van der Waals surface area contributed by atoms with Crippen molar-refractivity contribution in [3.63, 3.8) is 0 Å². The van der Waals surface area contributed by atoms with Gasteiger partial charge in [-0.05, 0) is 92.7 Å². The Balaban J connectivity index is 1.75. The maximum atomic E-state index is 2.92. The molecule has 0 bridgehead atoms. The maximum Gasteiger partial charge on any atom is 0.154 e. The fraction of sp³-hybridized carbons (Fsp3) is 0.793. The van der Waals surface area contributed by atoms with Gasteiger partial charge in [0.15, 0.2) is 8.24 Å². The molecule has 7 atom stereocenters. The quantitative estimate of drug-likeness (QED) is 0.424. The van der Waals surface area contributed by atoms with Gasteiger partial charge in [0.05, 0.1) is 0 Å². The van der Waals surface area contributed by atoms with E-state index in [0.29, 0.717) is 0 Å². The number of benzene rings is 1. The topological polar surface area (TPSA) is 3.24 Å². The van der Waals surface area contributed by atoms with Gasteiger partial charge in [-0.1, -0.05) is 77.7 Å². The first-order valence-electron chi connectivity index (χ1n) is 13.4. The second-order valence-electron chi connectivity index (χ2n) is 13.3. The summed E-state index contributed by atoms with van der Waals surface area (Å²) in [5.41, 5.74) is 2.51. The normalized spacial score (nSPS) is 36.2. The van der Waals surface area contributed by atoms with Gasteiger partial charge in [-0.3, -0.25) is 0 Å². The molecule has 2 heteroatoms. The molecule has 0 radical (unpaired) electrons. The van der Waals surface area contributed by atoms with E-state index in [2.05, 4.69) is 89.5 Å². The van der Waals surface area contributed by atoms with Crippen molar-refractivity contribution in [3.05, 3.63) is 30.3 Å². The SMILES string of the molecule is CC(C)C1C(C)C([Si](C)(C)N(c2ccccc2)C(C)(C)C)C2CC3CCCCC3CC21. The third kappa shape index (κ3) is 4.16. The van der Waals surface area contributed by atoms with Crippen LogP contribution in [0.5, 0.6) is 0 Å². The molecule has 1 nitrogen and oxygen atoms in total. The molecule has 0 heterocycles. The summed E-state index contributed by atoms with van der Waals surface area (Å²) in [5, 5.41) is 0. The summed E-state index contributed by atoms with van der Waals surface area (Å²) in [6, 6.07) is 11.4. The molecule has 3 aliphatic carbocycles. The minimum atomic E-state index is -1.76. The molecule has 0 saturated heterocycles. The van der Waals surface area contributed by atoms with E-state index >= 15 is 0 Å². The lowest BCUT2D eigenvalue weighted by molar-refractivity contribution is 0.0644. The number of hydrogen-bond acceptors (Lipinski definition) is 1. The van der Waals surface area contributed by atoms with Gasteiger partial charge in [0.25, 0.3) is 0 Å². The molecular weight excluding hydrogens is 390 g/mol. The second-order valence-corrected chi connectivity index (χ2v) is 17.7. The molecule has 1 aromatic carbocycles. The van der Waals surface area contributed by atoms with Crippen molar-refractivity contribution in [1.82, 2.24) is 0 Å². The van der Waals surface area contributed by atoms with Gasteiger partial charge in [-0.15, -0.1) is 0 Å². The van der Waals surface area contributed by atoms with Crippen LogP contribution in [0.15, 0.2) is 30.3 Å². The number of para-hydroxylation sites is 1. The summed E-state index contributed by atoms with van der Waals surface area (Å²) in [4.78, 5) is 0. The van der Waals surface area contributed by atoms with Crippen molar-refractivity contribution < 1.29 is 0 Å². The van der Waals surface area contributed by atoms with Crippen LogP contribution in [-0.4, -0.2) is 13.8 Å². The van der Waals surface area contributed by atoms with Crippen LogP contribution in [-0.2, 0) is 0 Å². The van der Waals surface area contributed by atoms with E-state index in [9.17, 15) is 0 Å². The van der Waals surface area contributed by atoms with Gasteiger partial charge >= 0.3 is 0 Å². The van der Waals surface area contributed by atoms with E-state index in [1.165, 1.54) is 37.8 Å². The summed E-state index contributed by atoms with van der Waals surface area (Å²) in [5.74, 6) is 6.59. The Kier molecular flexibility index (Phi) is 6.45. The number of anilines is 1. The number of nitrogens with zero attached hydrogens (tertiary/aromatic N) is 1. The highest BCUT2D eigenvalue weighted by Crippen LogP contribution is 2.64. The zero-order valence-corrected chi connectivity index (χ0v) is 22.7. The molecule has 0 N–H and O–H groups in total. The molecule has 31 heavy (non-hydrogen) atoms. The van der Waals surface area contributed by atoms with Crippen LogP contribution in [0.4, 0.5) is 5.69 Å². The second kappa shape index (κ2) is 8.54. The average molecular weight is 440 g/mol. The molecule has 3 saturated carbocycles. The van der Waals surface area contributed by atoms with Crippen molar-refractivity contribution in [2.45, 2.75) is 104 Å². The van der Waals surface area contributed by atoms with E-state index in [1.807, 2.05) is 0 Å². The molecule has 1 aromatic rings. The van der Waals surface area contributed by atoms with Gasteiger partial charge in [-0.2, -0.15) is 0 Å². The van der Waals surface area contributed by atoms with Crippen molar-refractivity contribution in [2.24, 2.45) is 41.4 Å². The Morgan fingerprint density at radius 2 is 1.45 bits per heavy atom. The summed E-state index contributed by atoms with van der Waals surface area (Å²) >= 11 is 0. The van der Waals surface area contributed by atoms with Crippen LogP contribution in [0.1, 0.15) is 80.1 Å². The predicted molar refractivity (Wildman–Crippen MR) is 139 cm³/mol. The summed E-state index contributed by atoms with van der Waals surface area (Å²) in [7, 11) is -1.76. The molecular formula is C29H49NSi. The van der Waals surface area contributed by atoms with E-state index in [-0.39, 0.29) is 5.54 Å². The van der Waals surface area contributed by atoms with Crippen molar-refractivity contribution in [3.8, 4) is 0 Å². The monoisotopic (exact) mass is 439 g/mol. The third-order valence-corrected chi connectivity index (χ3v) is 14.4. The Labute approximate surface area is 194 Å². The fourth-order valence-corrected chi connectivity index (χ4v) is 15.2. The molecule has 0 amide bonds. The minimum absolute atomic E-state index is 0.157. The standard InChI is InChI=1S/C29H49NSi/c1-20(2)27-21(3)28(26-19-23-15-13-12-14-22(23)18-25(26)27)31(7,8)30(29(4,5)6)24-16-10-9-11-17-24/h9-11,16-17,20-23,25-28H,12-15,18-19H2,1-8H3. The van der Waals surface area contributed by atoms with Crippen LogP contribution < -0.4 is 4.57 Å². The summed E-state index contributed by atoms with van der Waals surface area (Å²) in [6.45, 7) is 20.5. The molecule has 3 aliphatic rings. The van der Waals surface area contributed by atoms with Crippen LogP contribution in [0.3, 0.4) is 0 Å². The highest BCUT2D eigenvalue weighted by molar-refractivity contribution is 6.82. The van der Waals surface area contributed by atoms with Gasteiger partial charge in [0.1, 0.15) is 0 Å². The number of hydrogen-bond donors (Lipinski definition) is 0. The van der Waals surface area contributed by atoms with E-state index < -0.39 is 8.24 Å². The Hall–Kier alpha value is -0.763. The minimum Gasteiger partial charge on any atom is -0.393 e. The lowest BCUT2D eigenvalue weighted by Crippen LogP contribution is -2.62. The van der Waals surface area contributed by atoms with Gasteiger partial charge in [-0.25, -0.2) is 0 Å². The Morgan fingerprint density at radius 1 is 0.903 bits per heavy atom. The van der Waals surface area contributed by atoms with Crippen LogP contribution >= 0.6 is 0 Å². The average Bonchev–Trinajstić information content (AvgIpc) is 2.97. The van der Waals surface area contributed by atoms with Crippen molar-refractivity contribution in [2.75, 3.05) is 4.57 Å². The maximum absolute atomic E-state index is 2.92. The van der Waals surface area contributed by atoms with Gasteiger partial charge in [0.2, 0.25) is 0 Å². The number of fused-ring (bicyclic) bond motifs is 2.